The lowest BCUT2D eigenvalue weighted by Gasteiger charge is -2.24. The molecule has 0 aliphatic rings. The molecule has 0 aliphatic carbocycles. The summed E-state index contributed by atoms with van der Waals surface area (Å²) >= 11 is 0. The molecule has 0 N–H and O–H groups in total. The number of carbonyl (C=O) groups is 1. The number of hydrogen-bond donors (Lipinski definition) is 0. The molecule has 11 heavy (non-hydrogen) atoms. The molecule has 3 nitrogen and oxygen atoms in total. The summed E-state index contributed by atoms with van der Waals surface area (Å²) < 4.78 is 0.522. The Bertz CT molecular complexity index is 107. The minimum atomic E-state index is 0. The molecule has 0 spiro atoms. The molecule has 0 unspecified atom stereocenters. The molecule has 68 valence electrons. The number of unbranched alkanes of at least 4 members (excludes halogenated alkanes) is 1. The third-order valence-electron chi connectivity index (χ3n) is 1.51. The van der Waals surface area contributed by atoms with E-state index in [0.29, 0.717) is 11.1 Å². The lowest BCUT2D eigenvalue weighted by Crippen LogP contribution is -3.00. The maximum atomic E-state index is 9.93. The molecule has 0 fully saturated rings. The van der Waals surface area contributed by atoms with Gasteiger partial charge in [-0.1, -0.05) is 0 Å². The normalized spacial score (nSPS) is 10.5. The van der Waals surface area contributed by atoms with Gasteiger partial charge in [0.25, 0.3) is 0 Å². The molecule has 0 aliphatic heterocycles. The van der Waals surface area contributed by atoms with E-state index in [2.05, 4.69) is 0 Å². The Morgan fingerprint density at radius 2 is 2.00 bits per heavy atom. The summed E-state index contributed by atoms with van der Waals surface area (Å²) in [6, 6.07) is 0. The van der Waals surface area contributed by atoms with Crippen LogP contribution < -0.4 is 17.0 Å². The zero-order valence-corrected chi connectivity index (χ0v) is 8.93. The topological polar surface area (TPSA) is 26.3 Å². The highest BCUT2D eigenvalue weighted by atomic mass is 79.9. The molecule has 0 amide bonds. The van der Waals surface area contributed by atoms with Crippen molar-refractivity contribution < 1.29 is 31.3 Å². The zero-order valence-electron chi connectivity index (χ0n) is 7.34. The summed E-state index contributed by atoms with van der Waals surface area (Å²) in [4.78, 5) is 15.0. The van der Waals surface area contributed by atoms with Crippen molar-refractivity contribution in [3.05, 3.63) is 0 Å². The Morgan fingerprint density at radius 3 is 2.36 bits per heavy atom. The van der Waals surface area contributed by atoms with Crippen LogP contribution >= 0.6 is 0 Å². The average molecular weight is 226 g/mol. The summed E-state index contributed by atoms with van der Waals surface area (Å²) in [6.45, 7) is 0.884. The molecule has 0 heterocycles. The predicted molar refractivity (Wildman–Crippen MR) is 39.3 cm³/mol. The van der Waals surface area contributed by atoms with Gasteiger partial charge in [0.2, 0.25) is 0 Å². The van der Waals surface area contributed by atoms with Crippen molar-refractivity contribution in [2.24, 2.45) is 0 Å². The molecule has 0 aromatic carbocycles. The van der Waals surface area contributed by atoms with E-state index in [9.17, 15) is 4.79 Å². The lowest BCUT2D eigenvalue weighted by atomic mass is 10.3. The van der Waals surface area contributed by atoms with Crippen LogP contribution in [-0.4, -0.2) is 38.7 Å². The van der Waals surface area contributed by atoms with Crippen LogP contribution in [-0.2, 0) is 9.63 Å². The molecule has 0 saturated heterocycles. The first-order valence-electron chi connectivity index (χ1n) is 3.45. The molecule has 4 heteroatoms. The first-order valence-corrected chi connectivity index (χ1v) is 3.45. The smallest absolute Gasteiger partial charge is 0.120 e. The van der Waals surface area contributed by atoms with Gasteiger partial charge >= 0.3 is 0 Å². The van der Waals surface area contributed by atoms with Gasteiger partial charge in [0.15, 0.2) is 0 Å². The van der Waals surface area contributed by atoms with Gasteiger partial charge < -0.3 is 21.8 Å². The summed E-state index contributed by atoms with van der Waals surface area (Å²) in [6.07, 6.45) is 2.46. The summed E-state index contributed by atoms with van der Waals surface area (Å²) in [7, 11) is 5.59. The van der Waals surface area contributed by atoms with Crippen LogP contribution in [0.15, 0.2) is 0 Å². The molecule has 0 bridgehead atoms. The van der Waals surface area contributed by atoms with Crippen molar-refractivity contribution in [1.29, 1.82) is 0 Å². The quantitative estimate of drug-likeness (QED) is 0.226. The van der Waals surface area contributed by atoms with E-state index in [-0.39, 0.29) is 17.0 Å². The van der Waals surface area contributed by atoms with Crippen LogP contribution in [0.1, 0.15) is 12.8 Å². The second kappa shape index (κ2) is 6.76. The fourth-order valence-electron chi connectivity index (χ4n) is 0.647. The SMILES string of the molecule is CO[N+](C)(C)CCCC=O.[Br-]. The van der Waals surface area contributed by atoms with Crippen LogP contribution in [0.5, 0.6) is 0 Å². The van der Waals surface area contributed by atoms with Gasteiger partial charge in [-0.2, -0.15) is 4.65 Å². The van der Waals surface area contributed by atoms with Crippen LogP contribution in [0, 0.1) is 0 Å². The molecule has 0 rings (SSSR count). The number of aldehydes is 1. The minimum Gasteiger partial charge on any atom is -1.00 e. The first-order chi connectivity index (χ1) is 4.62. The Hall–Kier alpha value is 0.0700. The van der Waals surface area contributed by atoms with E-state index in [1.165, 1.54) is 0 Å². The standard InChI is InChI=1S/C7H16NO2.BrH/c1-8(2,10-3)6-4-5-7-9;/h7H,4-6H2,1-3H3;1H/q+1;/p-1. The fraction of sp³-hybridized carbons (Fsp3) is 0.857. The Morgan fingerprint density at radius 1 is 1.45 bits per heavy atom. The minimum absolute atomic E-state index is 0. The second-order valence-electron chi connectivity index (χ2n) is 2.79. The van der Waals surface area contributed by atoms with Crippen LogP contribution in [0.3, 0.4) is 0 Å². The second-order valence-corrected chi connectivity index (χ2v) is 2.79. The summed E-state index contributed by atoms with van der Waals surface area (Å²) in [5.41, 5.74) is 0. The molecular formula is C7H16BrNO2. The third-order valence-corrected chi connectivity index (χ3v) is 1.51. The van der Waals surface area contributed by atoms with E-state index in [1.54, 1.807) is 7.11 Å². The number of nitrogens with zero attached hydrogens (tertiary/aromatic N) is 1. The van der Waals surface area contributed by atoms with E-state index in [1.807, 2.05) is 14.1 Å². The number of hydrogen-bond acceptors (Lipinski definition) is 2. The van der Waals surface area contributed by atoms with E-state index in [4.69, 9.17) is 4.84 Å². The highest BCUT2D eigenvalue weighted by Crippen LogP contribution is 1.99. The van der Waals surface area contributed by atoms with Crippen molar-refractivity contribution in [1.82, 2.24) is 0 Å². The number of carbonyl (C=O) groups excluding carboxylic acids is 1. The summed E-state index contributed by atoms with van der Waals surface area (Å²) in [5.74, 6) is 0. The highest BCUT2D eigenvalue weighted by molar-refractivity contribution is 5.48. The molecule has 0 saturated carbocycles. The lowest BCUT2D eigenvalue weighted by molar-refractivity contribution is -1.07. The Kier molecular flexibility index (Phi) is 8.39. The van der Waals surface area contributed by atoms with Crippen molar-refractivity contribution in [3.63, 3.8) is 0 Å². The average Bonchev–Trinajstić information content (AvgIpc) is 1.89. The summed E-state index contributed by atoms with van der Waals surface area (Å²) in [5, 5.41) is 0. The number of hydroxylamine groups is 3. The molecule has 0 radical (unpaired) electrons. The van der Waals surface area contributed by atoms with Crippen molar-refractivity contribution >= 4 is 6.29 Å². The van der Waals surface area contributed by atoms with Crippen molar-refractivity contribution in [3.8, 4) is 0 Å². The van der Waals surface area contributed by atoms with Gasteiger partial charge in [0.05, 0.1) is 21.2 Å². The van der Waals surface area contributed by atoms with Gasteiger partial charge in [-0.05, 0) is 0 Å². The van der Waals surface area contributed by atoms with Crippen LogP contribution in [0.4, 0.5) is 0 Å². The largest absolute Gasteiger partial charge is 1.00 e. The molecule has 0 atom stereocenters. The van der Waals surface area contributed by atoms with Gasteiger partial charge in [-0.25, -0.2) is 4.84 Å². The van der Waals surface area contributed by atoms with Gasteiger partial charge in [-0.3, -0.25) is 0 Å². The van der Waals surface area contributed by atoms with Crippen molar-refractivity contribution in [2.45, 2.75) is 12.8 Å². The first kappa shape index (κ1) is 13.6. The number of quaternary nitrogens is 1. The fourth-order valence-corrected chi connectivity index (χ4v) is 0.647. The van der Waals surface area contributed by atoms with E-state index in [0.717, 1.165) is 19.3 Å². The molecular weight excluding hydrogens is 210 g/mol. The van der Waals surface area contributed by atoms with E-state index < -0.39 is 0 Å². The number of halogens is 1. The maximum absolute atomic E-state index is 9.93. The monoisotopic (exact) mass is 225 g/mol. The van der Waals surface area contributed by atoms with E-state index >= 15 is 0 Å². The van der Waals surface area contributed by atoms with Gasteiger partial charge in [0.1, 0.15) is 12.8 Å². The van der Waals surface area contributed by atoms with Crippen LogP contribution in [0.2, 0.25) is 0 Å². The van der Waals surface area contributed by atoms with Gasteiger partial charge in [-0.15, -0.1) is 0 Å². The van der Waals surface area contributed by atoms with Crippen LogP contribution in [0.25, 0.3) is 0 Å². The Balaban J connectivity index is 0. The van der Waals surface area contributed by atoms with Crippen molar-refractivity contribution in [2.75, 3.05) is 27.7 Å². The highest BCUT2D eigenvalue weighted by Gasteiger charge is 2.12. The zero-order chi connectivity index (χ0) is 8.04. The maximum Gasteiger partial charge on any atom is 0.120 e. The Labute approximate surface area is 78.6 Å². The third kappa shape index (κ3) is 7.97. The van der Waals surface area contributed by atoms with Gasteiger partial charge in [0, 0.05) is 12.8 Å². The molecule has 0 aromatic heterocycles. The predicted octanol–water partition coefficient (Wildman–Crippen LogP) is -2.39. The molecule has 0 aromatic rings. The number of rotatable bonds is 5.